The highest BCUT2D eigenvalue weighted by Gasteiger charge is 2.47. The van der Waals surface area contributed by atoms with Gasteiger partial charge in [-0.15, -0.1) is 0 Å². The predicted octanol–water partition coefficient (Wildman–Crippen LogP) is 6.18. The fourth-order valence-corrected chi connectivity index (χ4v) is 4.93. The lowest BCUT2D eigenvalue weighted by Crippen LogP contribution is -2.29. The van der Waals surface area contributed by atoms with Gasteiger partial charge < -0.3 is 19.7 Å². The van der Waals surface area contributed by atoms with Crippen LogP contribution in [0.15, 0.2) is 96.6 Å². The van der Waals surface area contributed by atoms with Crippen LogP contribution in [0, 0.1) is 18.3 Å². The van der Waals surface area contributed by atoms with Gasteiger partial charge in [-0.1, -0.05) is 36.4 Å². The van der Waals surface area contributed by atoms with Gasteiger partial charge in [0.25, 0.3) is 11.7 Å². The molecule has 1 aliphatic heterocycles. The molecule has 1 saturated heterocycles. The third-order valence-electron chi connectivity index (χ3n) is 7.00. The molecule has 1 aliphatic rings. The van der Waals surface area contributed by atoms with Crippen LogP contribution in [0.25, 0.3) is 5.76 Å². The van der Waals surface area contributed by atoms with Crippen molar-refractivity contribution in [2.45, 2.75) is 26.5 Å². The Labute approximate surface area is 243 Å². The van der Waals surface area contributed by atoms with Gasteiger partial charge in [-0.2, -0.15) is 5.26 Å². The van der Waals surface area contributed by atoms with E-state index >= 15 is 0 Å². The average molecular weight is 561 g/mol. The molecule has 0 aliphatic carbocycles. The monoisotopic (exact) mass is 560 g/mol. The molecule has 0 saturated carbocycles. The standard InChI is InChI=1S/C34H28N2O6/c1-3-41-29-18-24(11-15-27(29)37)31-30(33(39)34(40)36(31)26-13-9-22(19-35)10-14-26)32(38)25-12-16-28(21(2)17-25)42-20-23-7-5-4-6-8-23/h4-18,31,37-38H,3,20H2,1-2H3/b32-30-. The largest absolute Gasteiger partial charge is 0.507 e. The minimum absolute atomic E-state index is 0.0994. The van der Waals surface area contributed by atoms with Gasteiger partial charge in [0.2, 0.25) is 0 Å². The van der Waals surface area contributed by atoms with Crippen molar-refractivity contribution in [2.75, 3.05) is 11.5 Å². The van der Waals surface area contributed by atoms with Crippen molar-refractivity contribution < 1.29 is 29.3 Å². The molecule has 1 atom stereocenters. The first kappa shape index (κ1) is 28.0. The minimum atomic E-state index is -1.04. The first-order chi connectivity index (χ1) is 20.3. The van der Waals surface area contributed by atoms with E-state index in [4.69, 9.17) is 9.47 Å². The summed E-state index contributed by atoms with van der Waals surface area (Å²) >= 11 is 0. The molecule has 1 amide bonds. The summed E-state index contributed by atoms with van der Waals surface area (Å²) in [6, 6.07) is 26.5. The normalized spacial score (nSPS) is 15.8. The molecule has 0 bridgehead atoms. The maximum Gasteiger partial charge on any atom is 0.300 e. The first-order valence-electron chi connectivity index (χ1n) is 13.4. The van der Waals surface area contributed by atoms with Crippen LogP contribution in [0.1, 0.15) is 40.8 Å². The number of ether oxygens (including phenoxy) is 2. The summed E-state index contributed by atoms with van der Waals surface area (Å²) in [7, 11) is 0. The number of carbonyl (C=O) groups excluding carboxylic acids is 2. The fraction of sp³-hybridized carbons (Fsp3) is 0.147. The lowest BCUT2D eigenvalue weighted by Gasteiger charge is -2.26. The molecule has 2 N–H and O–H groups in total. The van der Waals surface area contributed by atoms with Crippen LogP contribution in [0.3, 0.4) is 0 Å². The van der Waals surface area contributed by atoms with E-state index in [-0.39, 0.29) is 29.4 Å². The van der Waals surface area contributed by atoms with Crippen molar-refractivity contribution >= 4 is 23.1 Å². The molecule has 0 spiro atoms. The highest BCUT2D eigenvalue weighted by atomic mass is 16.5. The number of nitrogens with zero attached hydrogens (tertiary/aromatic N) is 2. The zero-order chi connectivity index (χ0) is 29.8. The van der Waals surface area contributed by atoms with Crippen LogP contribution in [0.4, 0.5) is 5.69 Å². The van der Waals surface area contributed by atoms with Crippen LogP contribution >= 0.6 is 0 Å². The summed E-state index contributed by atoms with van der Waals surface area (Å²) < 4.78 is 11.5. The van der Waals surface area contributed by atoms with E-state index in [0.29, 0.717) is 34.7 Å². The number of phenols is 1. The Balaban J connectivity index is 1.59. The van der Waals surface area contributed by atoms with Crippen molar-refractivity contribution in [1.29, 1.82) is 5.26 Å². The lowest BCUT2D eigenvalue weighted by atomic mass is 9.94. The summed E-state index contributed by atoms with van der Waals surface area (Å²) in [5.74, 6) is -1.36. The van der Waals surface area contributed by atoms with Crippen molar-refractivity contribution in [1.82, 2.24) is 0 Å². The van der Waals surface area contributed by atoms with E-state index < -0.39 is 17.7 Å². The second-order valence-corrected chi connectivity index (χ2v) is 9.74. The van der Waals surface area contributed by atoms with Crippen molar-refractivity contribution in [3.8, 4) is 23.3 Å². The van der Waals surface area contributed by atoms with Crippen LogP contribution < -0.4 is 14.4 Å². The zero-order valence-electron chi connectivity index (χ0n) is 23.1. The highest BCUT2D eigenvalue weighted by molar-refractivity contribution is 6.51. The van der Waals surface area contributed by atoms with Gasteiger partial charge in [0.15, 0.2) is 11.5 Å². The van der Waals surface area contributed by atoms with Gasteiger partial charge in [-0.05, 0) is 85.1 Å². The molecule has 1 unspecified atom stereocenters. The Kier molecular flexibility index (Phi) is 7.93. The van der Waals surface area contributed by atoms with Crippen LogP contribution in [-0.4, -0.2) is 28.5 Å². The number of amides is 1. The second kappa shape index (κ2) is 11.9. The van der Waals surface area contributed by atoms with E-state index in [1.165, 1.54) is 11.0 Å². The molecule has 0 aromatic heterocycles. The molecule has 1 fully saturated rings. The van der Waals surface area contributed by atoms with Gasteiger partial charge in [0.05, 0.1) is 29.9 Å². The molecule has 8 heteroatoms. The summed E-state index contributed by atoms with van der Waals surface area (Å²) in [6.45, 7) is 4.25. The van der Waals surface area contributed by atoms with Gasteiger partial charge in [0.1, 0.15) is 18.1 Å². The molecular weight excluding hydrogens is 532 g/mol. The van der Waals surface area contributed by atoms with Gasteiger partial charge in [0, 0.05) is 11.3 Å². The van der Waals surface area contributed by atoms with Gasteiger partial charge in [-0.25, -0.2) is 0 Å². The first-order valence-corrected chi connectivity index (χ1v) is 13.4. The van der Waals surface area contributed by atoms with Gasteiger partial charge in [-0.3, -0.25) is 14.5 Å². The topological polar surface area (TPSA) is 120 Å². The summed E-state index contributed by atoms with van der Waals surface area (Å²) in [5.41, 5.74) is 3.16. The Morgan fingerprint density at radius 1 is 0.929 bits per heavy atom. The third-order valence-corrected chi connectivity index (χ3v) is 7.00. The maximum atomic E-state index is 13.5. The van der Waals surface area contributed by atoms with E-state index in [1.54, 1.807) is 61.5 Å². The van der Waals surface area contributed by atoms with Crippen molar-refractivity contribution in [2.24, 2.45) is 0 Å². The number of hydrogen-bond donors (Lipinski definition) is 2. The molecule has 4 aromatic rings. The molecular formula is C34H28N2O6. The van der Waals surface area contributed by atoms with Crippen LogP contribution in [0.5, 0.6) is 17.2 Å². The van der Waals surface area contributed by atoms with Crippen molar-refractivity contribution in [3.63, 3.8) is 0 Å². The second-order valence-electron chi connectivity index (χ2n) is 9.74. The van der Waals surface area contributed by atoms with Crippen LogP contribution in [-0.2, 0) is 16.2 Å². The number of aliphatic hydroxyl groups is 1. The molecule has 5 rings (SSSR count). The Hall–Kier alpha value is -5.55. The number of anilines is 1. The van der Waals surface area contributed by atoms with Crippen LogP contribution in [0.2, 0.25) is 0 Å². The summed E-state index contributed by atoms with van der Waals surface area (Å²) in [4.78, 5) is 28.3. The SMILES string of the molecule is CCOc1cc(C2/C(=C(/O)c3ccc(OCc4ccccc4)c(C)c3)C(=O)C(=O)N2c2ccc(C#N)cc2)ccc1O. The molecule has 42 heavy (non-hydrogen) atoms. The highest BCUT2D eigenvalue weighted by Crippen LogP contribution is 2.44. The molecule has 8 nitrogen and oxygen atoms in total. The quantitative estimate of drug-likeness (QED) is 0.150. The Morgan fingerprint density at radius 3 is 2.33 bits per heavy atom. The Bertz CT molecular complexity index is 1720. The molecule has 1 heterocycles. The molecule has 0 radical (unpaired) electrons. The maximum absolute atomic E-state index is 13.5. The van der Waals surface area contributed by atoms with Gasteiger partial charge >= 0.3 is 0 Å². The third kappa shape index (κ3) is 5.40. The summed E-state index contributed by atoms with van der Waals surface area (Å²) in [6.07, 6.45) is 0. The summed E-state index contributed by atoms with van der Waals surface area (Å²) in [5, 5.41) is 31.1. The number of carbonyl (C=O) groups is 2. The predicted molar refractivity (Wildman–Crippen MR) is 157 cm³/mol. The molecule has 210 valence electrons. The number of benzene rings is 4. The van der Waals surface area contributed by atoms with Crippen molar-refractivity contribution in [3.05, 3.63) is 124 Å². The number of aryl methyl sites for hydroxylation is 1. The molecule has 4 aromatic carbocycles. The Morgan fingerprint density at radius 2 is 1.67 bits per heavy atom. The minimum Gasteiger partial charge on any atom is -0.507 e. The number of aromatic hydroxyl groups is 1. The number of ketones is 1. The number of rotatable bonds is 8. The lowest BCUT2D eigenvalue weighted by molar-refractivity contribution is -0.132. The van der Waals surface area contributed by atoms with E-state index in [2.05, 4.69) is 0 Å². The van der Waals surface area contributed by atoms with E-state index in [0.717, 1.165) is 11.1 Å². The van der Waals surface area contributed by atoms with E-state index in [9.17, 15) is 25.1 Å². The number of phenolic OH excluding ortho intramolecular Hbond substituents is 1. The zero-order valence-corrected chi connectivity index (χ0v) is 23.1. The van der Waals surface area contributed by atoms with E-state index in [1.807, 2.05) is 43.3 Å². The number of Topliss-reactive ketones (excluding diaryl/α,β-unsaturated/α-hetero) is 1. The number of nitriles is 1. The average Bonchev–Trinajstić information content (AvgIpc) is 3.27. The number of aliphatic hydroxyl groups excluding tert-OH is 1. The number of hydrogen-bond acceptors (Lipinski definition) is 7. The smallest absolute Gasteiger partial charge is 0.300 e. The fourth-order valence-electron chi connectivity index (χ4n) is 4.93.